The topological polar surface area (TPSA) is 112 Å². The van der Waals surface area contributed by atoms with Gasteiger partial charge in [-0.15, -0.1) is 12.4 Å². The molecule has 7 nitrogen and oxygen atoms in total. The van der Waals surface area contributed by atoms with Crippen molar-refractivity contribution in [1.29, 1.82) is 0 Å². The van der Waals surface area contributed by atoms with Gasteiger partial charge in [0.25, 0.3) is 0 Å². The molecule has 0 atom stereocenters. The van der Waals surface area contributed by atoms with Crippen LogP contribution in [0.1, 0.15) is 42.0 Å². The molecule has 0 bridgehead atoms. The van der Waals surface area contributed by atoms with E-state index in [0.717, 1.165) is 12.8 Å². The van der Waals surface area contributed by atoms with Gasteiger partial charge in [-0.3, -0.25) is 0 Å². The van der Waals surface area contributed by atoms with Crippen molar-refractivity contribution in [1.82, 2.24) is 4.72 Å². The molecule has 0 unspecified atom stereocenters. The van der Waals surface area contributed by atoms with Gasteiger partial charge >= 0.3 is 5.97 Å². The lowest BCUT2D eigenvalue weighted by atomic mass is 9.93. The Morgan fingerprint density at radius 1 is 1.36 bits per heavy atom. The lowest BCUT2D eigenvalue weighted by Gasteiger charge is -2.26. The van der Waals surface area contributed by atoms with Gasteiger partial charge in [-0.25, -0.2) is 17.9 Å². The van der Waals surface area contributed by atoms with Gasteiger partial charge in [0.15, 0.2) is 0 Å². The monoisotopic (exact) mass is 352 g/mol. The fraction of sp³-hybridized carbons (Fsp3) is 0.615. The summed E-state index contributed by atoms with van der Waals surface area (Å²) in [6.07, 6.45) is 3.01. The average molecular weight is 353 g/mol. The van der Waals surface area contributed by atoms with Gasteiger partial charge < -0.3 is 14.9 Å². The molecule has 126 valence electrons. The van der Waals surface area contributed by atoms with Crippen molar-refractivity contribution in [3.63, 3.8) is 0 Å². The second-order valence-corrected chi connectivity index (χ2v) is 6.94. The van der Waals surface area contributed by atoms with Crippen LogP contribution >= 0.6 is 12.4 Å². The van der Waals surface area contributed by atoms with E-state index < -0.39 is 16.0 Å². The van der Waals surface area contributed by atoms with Crippen LogP contribution in [0.25, 0.3) is 0 Å². The maximum atomic E-state index is 12.4. The zero-order valence-corrected chi connectivity index (χ0v) is 14.1. The van der Waals surface area contributed by atoms with Crippen LogP contribution in [0.2, 0.25) is 0 Å². The number of carbonyl (C=O) groups excluding carboxylic acids is 1. The molecule has 1 saturated carbocycles. The number of nitrogens with one attached hydrogen (secondary N) is 1. The highest BCUT2D eigenvalue weighted by Crippen LogP contribution is 2.23. The van der Waals surface area contributed by atoms with Gasteiger partial charge in [0.2, 0.25) is 15.8 Å². The van der Waals surface area contributed by atoms with Crippen LogP contribution in [0.15, 0.2) is 15.4 Å². The van der Waals surface area contributed by atoms with Crippen LogP contribution in [0, 0.1) is 6.92 Å². The maximum absolute atomic E-state index is 12.4. The van der Waals surface area contributed by atoms with Gasteiger partial charge in [0.1, 0.15) is 10.7 Å². The normalized spacial score (nSPS) is 22.0. The molecule has 1 aromatic rings. The molecule has 9 heteroatoms. The predicted molar refractivity (Wildman–Crippen MR) is 82.6 cm³/mol. The second kappa shape index (κ2) is 7.45. The Balaban J connectivity index is 0.00000242. The van der Waals surface area contributed by atoms with Crippen LogP contribution in [0.3, 0.4) is 0 Å². The molecule has 1 aliphatic carbocycles. The number of halogens is 1. The van der Waals surface area contributed by atoms with E-state index in [1.165, 1.54) is 20.1 Å². The SMILES string of the molecule is COC(=O)c1cc(S(=O)(=O)NC2CCC(N)CC2)c(C)o1.Cl. The number of rotatable bonds is 4. The fourth-order valence-corrected chi connectivity index (χ4v) is 3.94. The zero-order chi connectivity index (χ0) is 15.6. The average Bonchev–Trinajstić information content (AvgIpc) is 2.83. The van der Waals surface area contributed by atoms with Crippen LogP contribution < -0.4 is 10.5 Å². The second-order valence-electron chi connectivity index (χ2n) is 5.26. The van der Waals surface area contributed by atoms with E-state index in [2.05, 4.69) is 9.46 Å². The number of hydrogen-bond acceptors (Lipinski definition) is 6. The number of aryl methyl sites for hydroxylation is 1. The first-order valence-electron chi connectivity index (χ1n) is 6.80. The van der Waals surface area contributed by atoms with Gasteiger partial charge in [0.05, 0.1) is 7.11 Å². The summed E-state index contributed by atoms with van der Waals surface area (Å²) in [7, 11) is -2.52. The third-order valence-electron chi connectivity index (χ3n) is 3.64. The van der Waals surface area contributed by atoms with Crippen LogP contribution in [-0.2, 0) is 14.8 Å². The van der Waals surface area contributed by atoms with E-state index >= 15 is 0 Å². The van der Waals surface area contributed by atoms with Crippen LogP contribution in [0.4, 0.5) is 0 Å². The summed E-state index contributed by atoms with van der Waals surface area (Å²) >= 11 is 0. The molecule has 0 spiro atoms. The first kappa shape index (κ1) is 19.0. The van der Waals surface area contributed by atoms with Gasteiger partial charge in [-0.1, -0.05) is 0 Å². The lowest BCUT2D eigenvalue weighted by molar-refractivity contribution is 0.0563. The summed E-state index contributed by atoms with van der Waals surface area (Å²) < 4.78 is 37.1. The van der Waals surface area contributed by atoms with Crippen molar-refractivity contribution in [3.8, 4) is 0 Å². The molecule has 0 aromatic carbocycles. The highest BCUT2D eigenvalue weighted by molar-refractivity contribution is 7.89. The Labute approximate surface area is 136 Å². The molecule has 3 N–H and O–H groups in total. The largest absolute Gasteiger partial charge is 0.463 e. The summed E-state index contributed by atoms with van der Waals surface area (Å²) in [5, 5.41) is 0. The van der Waals surface area contributed by atoms with Crippen molar-refractivity contribution in [2.24, 2.45) is 5.73 Å². The number of methoxy groups -OCH3 is 1. The third kappa shape index (κ3) is 4.22. The van der Waals surface area contributed by atoms with Crippen molar-refractivity contribution >= 4 is 28.4 Å². The van der Waals surface area contributed by atoms with E-state index in [-0.39, 0.29) is 40.9 Å². The minimum absolute atomic E-state index is 0. The van der Waals surface area contributed by atoms with Gasteiger partial charge in [-0.05, 0) is 32.6 Å². The number of ether oxygens (including phenoxy) is 1. The molecule has 2 rings (SSSR count). The standard InChI is InChI=1S/C13H20N2O5S.ClH/c1-8-12(7-11(20-8)13(16)19-2)21(17,18)15-10-5-3-9(14)4-6-10;/h7,9-10,15H,3-6,14H2,1-2H3;1H. The molecule has 0 saturated heterocycles. The summed E-state index contributed by atoms with van der Waals surface area (Å²) in [6, 6.07) is 1.20. The number of hydrogen-bond donors (Lipinski definition) is 2. The van der Waals surface area contributed by atoms with E-state index in [0.29, 0.717) is 12.8 Å². The number of esters is 1. The Bertz CT molecular complexity index is 620. The molecular weight excluding hydrogens is 332 g/mol. The minimum Gasteiger partial charge on any atom is -0.463 e. The Morgan fingerprint density at radius 2 is 1.95 bits per heavy atom. The van der Waals surface area contributed by atoms with E-state index in [9.17, 15) is 13.2 Å². The predicted octanol–water partition coefficient (Wildman–Crippen LogP) is 1.34. The maximum Gasteiger partial charge on any atom is 0.373 e. The summed E-state index contributed by atoms with van der Waals surface area (Å²) in [4.78, 5) is 11.4. The molecule has 0 amide bonds. The van der Waals surface area contributed by atoms with Crippen molar-refractivity contribution in [2.45, 2.75) is 49.6 Å². The Morgan fingerprint density at radius 3 is 2.50 bits per heavy atom. The number of sulfonamides is 1. The highest BCUT2D eigenvalue weighted by atomic mass is 35.5. The highest BCUT2D eigenvalue weighted by Gasteiger charge is 2.28. The van der Waals surface area contributed by atoms with Crippen molar-refractivity contribution in [3.05, 3.63) is 17.6 Å². The first-order chi connectivity index (χ1) is 9.83. The molecule has 1 aliphatic rings. The summed E-state index contributed by atoms with van der Waals surface area (Å²) in [6.45, 7) is 1.50. The number of furan rings is 1. The van der Waals surface area contributed by atoms with Crippen LogP contribution in [0.5, 0.6) is 0 Å². The first-order valence-corrected chi connectivity index (χ1v) is 8.28. The molecule has 1 aromatic heterocycles. The van der Waals surface area contributed by atoms with Crippen LogP contribution in [-0.4, -0.2) is 33.6 Å². The Kier molecular flexibility index (Phi) is 6.42. The Hall–Kier alpha value is -1.09. The zero-order valence-electron chi connectivity index (χ0n) is 12.5. The lowest BCUT2D eigenvalue weighted by Crippen LogP contribution is -2.40. The quantitative estimate of drug-likeness (QED) is 0.791. The smallest absolute Gasteiger partial charge is 0.373 e. The third-order valence-corrected chi connectivity index (χ3v) is 5.27. The van der Waals surface area contributed by atoms with Crippen molar-refractivity contribution < 1.29 is 22.4 Å². The van der Waals surface area contributed by atoms with E-state index in [1.807, 2.05) is 0 Å². The fourth-order valence-electron chi connectivity index (χ4n) is 2.45. The van der Waals surface area contributed by atoms with E-state index in [1.54, 1.807) is 0 Å². The molecule has 0 aliphatic heterocycles. The number of carbonyl (C=O) groups is 1. The van der Waals surface area contributed by atoms with Gasteiger partial charge in [0, 0.05) is 18.2 Å². The molecule has 1 heterocycles. The molecule has 0 radical (unpaired) electrons. The summed E-state index contributed by atoms with van der Waals surface area (Å²) in [5.74, 6) is -0.667. The van der Waals surface area contributed by atoms with Crippen molar-refractivity contribution in [2.75, 3.05) is 7.11 Å². The van der Waals surface area contributed by atoms with Gasteiger partial charge in [-0.2, -0.15) is 0 Å². The minimum atomic E-state index is -3.72. The summed E-state index contributed by atoms with van der Waals surface area (Å²) in [5.41, 5.74) is 5.80. The molecule has 1 fully saturated rings. The number of nitrogens with two attached hydrogens (primary N) is 1. The van der Waals surface area contributed by atoms with E-state index in [4.69, 9.17) is 10.2 Å². The molecular formula is C13H21ClN2O5S. The molecule has 22 heavy (non-hydrogen) atoms.